The first-order valence-electron chi connectivity index (χ1n) is 7.82. The zero-order valence-corrected chi connectivity index (χ0v) is 14.1. The average molecular weight is 330 g/mol. The SMILES string of the molecule is CCc1ccc(CNC(=O)CCNC(=O)Cc2ccccc2)s1. The lowest BCUT2D eigenvalue weighted by atomic mass is 10.1. The van der Waals surface area contributed by atoms with Crippen molar-refractivity contribution >= 4 is 23.2 Å². The number of aryl methyl sites for hydroxylation is 1. The molecule has 0 bridgehead atoms. The molecule has 0 aliphatic heterocycles. The molecule has 2 rings (SSSR count). The highest BCUT2D eigenvalue weighted by molar-refractivity contribution is 7.11. The van der Waals surface area contributed by atoms with Crippen molar-refractivity contribution in [3.8, 4) is 0 Å². The van der Waals surface area contributed by atoms with E-state index < -0.39 is 0 Å². The van der Waals surface area contributed by atoms with Crippen LogP contribution in [0, 0.1) is 0 Å². The van der Waals surface area contributed by atoms with Crippen molar-refractivity contribution in [3.63, 3.8) is 0 Å². The van der Waals surface area contributed by atoms with Gasteiger partial charge in [0.2, 0.25) is 11.8 Å². The fraction of sp³-hybridized carbons (Fsp3) is 0.333. The van der Waals surface area contributed by atoms with Gasteiger partial charge in [-0.3, -0.25) is 9.59 Å². The van der Waals surface area contributed by atoms with Crippen LogP contribution in [0.25, 0.3) is 0 Å². The molecule has 0 saturated carbocycles. The van der Waals surface area contributed by atoms with E-state index in [0.717, 1.165) is 16.9 Å². The molecule has 0 atom stereocenters. The van der Waals surface area contributed by atoms with E-state index in [9.17, 15) is 9.59 Å². The first-order chi connectivity index (χ1) is 11.2. The van der Waals surface area contributed by atoms with Gasteiger partial charge >= 0.3 is 0 Å². The van der Waals surface area contributed by atoms with Gasteiger partial charge in [0.05, 0.1) is 13.0 Å². The first kappa shape index (κ1) is 17.2. The summed E-state index contributed by atoms with van der Waals surface area (Å²) < 4.78 is 0. The van der Waals surface area contributed by atoms with Crippen molar-refractivity contribution in [1.29, 1.82) is 0 Å². The van der Waals surface area contributed by atoms with E-state index in [-0.39, 0.29) is 11.8 Å². The van der Waals surface area contributed by atoms with Crippen LogP contribution in [0.5, 0.6) is 0 Å². The third-order valence-corrected chi connectivity index (χ3v) is 4.64. The molecule has 2 N–H and O–H groups in total. The Balaban J connectivity index is 1.61. The maximum absolute atomic E-state index is 11.8. The zero-order chi connectivity index (χ0) is 16.5. The molecule has 2 amide bonds. The van der Waals surface area contributed by atoms with Crippen LogP contribution in [0.1, 0.15) is 28.7 Å². The third-order valence-electron chi connectivity index (χ3n) is 3.41. The van der Waals surface area contributed by atoms with Gasteiger partial charge < -0.3 is 10.6 Å². The summed E-state index contributed by atoms with van der Waals surface area (Å²) in [6.45, 7) is 3.04. The number of hydrogen-bond acceptors (Lipinski definition) is 3. The average Bonchev–Trinajstić information content (AvgIpc) is 3.02. The summed E-state index contributed by atoms with van der Waals surface area (Å²) in [5.41, 5.74) is 0.971. The van der Waals surface area contributed by atoms with Crippen molar-refractivity contribution < 1.29 is 9.59 Å². The molecule has 23 heavy (non-hydrogen) atoms. The summed E-state index contributed by atoms with van der Waals surface area (Å²) >= 11 is 1.72. The van der Waals surface area contributed by atoms with Crippen LogP contribution >= 0.6 is 11.3 Å². The Morgan fingerprint density at radius 3 is 2.39 bits per heavy atom. The van der Waals surface area contributed by atoms with Crippen molar-refractivity contribution in [2.24, 2.45) is 0 Å². The molecule has 5 heteroatoms. The van der Waals surface area contributed by atoms with E-state index in [2.05, 4.69) is 23.6 Å². The van der Waals surface area contributed by atoms with Gasteiger partial charge in [-0.25, -0.2) is 0 Å². The Hall–Kier alpha value is -2.14. The van der Waals surface area contributed by atoms with Crippen LogP contribution in [0.4, 0.5) is 0 Å². The fourth-order valence-electron chi connectivity index (χ4n) is 2.14. The number of carbonyl (C=O) groups excluding carboxylic acids is 2. The number of carbonyl (C=O) groups is 2. The second-order valence-electron chi connectivity index (χ2n) is 5.26. The van der Waals surface area contributed by atoms with E-state index in [0.29, 0.717) is 25.9 Å². The quantitative estimate of drug-likeness (QED) is 0.782. The number of nitrogens with one attached hydrogen (secondary N) is 2. The van der Waals surface area contributed by atoms with E-state index in [1.165, 1.54) is 4.88 Å². The standard InChI is InChI=1S/C18H22N2O2S/c1-2-15-8-9-16(23-15)13-20-17(21)10-11-19-18(22)12-14-6-4-3-5-7-14/h3-9H,2,10-13H2,1H3,(H,19,22)(H,20,21). The Kier molecular flexibility index (Phi) is 6.81. The Bertz CT molecular complexity index is 637. The summed E-state index contributed by atoms with van der Waals surface area (Å²) in [5, 5.41) is 5.66. The maximum Gasteiger partial charge on any atom is 0.224 e. The Morgan fingerprint density at radius 1 is 0.957 bits per heavy atom. The second-order valence-corrected chi connectivity index (χ2v) is 6.51. The van der Waals surface area contributed by atoms with Gasteiger partial charge in [-0.2, -0.15) is 0 Å². The highest BCUT2D eigenvalue weighted by atomic mass is 32.1. The second kappa shape index (κ2) is 9.10. The van der Waals surface area contributed by atoms with Crippen molar-refractivity contribution in [2.45, 2.75) is 32.7 Å². The largest absolute Gasteiger partial charge is 0.355 e. The lowest BCUT2D eigenvalue weighted by molar-refractivity contribution is -0.122. The molecule has 0 fully saturated rings. The normalized spacial score (nSPS) is 10.3. The van der Waals surface area contributed by atoms with Crippen molar-refractivity contribution in [3.05, 3.63) is 57.8 Å². The summed E-state index contributed by atoms with van der Waals surface area (Å²) in [6, 6.07) is 13.7. The summed E-state index contributed by atoms with van der Waals surface area (Å²) in [7, 11) is 0. The lowest BCUT2D eigenvalue weighted by Crippen LogP contribution is -2.31. The van der Waals surface area contributed by atoms with Gasteiger partial charge in [0.1, 0.15) is 0 Å². The first-order valence-corrected chi connectivity index (χ1v) is 8.64. The Morgan fingerprint density at radius 2 is 1.70 bits per heavy atom. The number of thiophene rings is 1. The smallest absolute Gasteiger partial charge is 0.224 e. The van der Waals surface area contributed by atoms with Crippen molar-refractivity contribution in [1.82, 2.24) is 10.6 Å². The number of benzene rings is 1. The summed E-state index contributed by atoms with van der Waals surface area (Å²) in [5.74, 6) is -0.105. The number of rotatable bonds is 8. The minimum atomic E-state index is -0.0603. The molecule has 1 aromatic heterocycles. The lowest BCUT2D eigenvalue weighted by Gasteiger charge is -2.06. The number of hydrogen-bond donors (Lipinski definition) is 2. The predicted octanol–water partition coefficient (Wildman–Crippen LogP) is 2.68. The molecule has 4 nitrogen and oxygen atoms in total. The fourth-order valence-corrected chi connectivity index (χ4v) is 3.04. The van der Waals surface area contributed by atoms with Crippen LogP contribution in [0.15, 0.2) is 42.5 Å². The third kappa shape index (κ3) is 6.24. The van der Waals surface area contributed by atoms with E-state index in [1.54, 1.807) is 11.3 Å². The minimum Gasteiger partial charge on any atom is -0.355 e. The van der Waals surface area contributed by atoms with Gasteiger partial charge in [-0.1, -0.05) is 37.3 Å². The van der Waals surface area contributed by atoms with Crippen LogP contribution in [-0.4, -0.2) is 18.4 Å². The topological polar surface area (TPSA) is 58.2 Å². The van der Waals surface area contributed by atoms with Gasteiger partial charge in [0.15, 0.2) is 0 Å². The molecular formula is C18H22N2O2S. The molecular weight excluding hydrogens is 308 g/mol. The number of amides is 2. The Labute approximate surface area is 140 Å². The summed E-state index contributed by atoms with van der Waals surface area (Å²) in [4.78, 5) is 26.0. The van der Waals surface area contributed by atoms with Crippen LogP contribution in [0.2, 0.25) is 0 Å². The highest BCUT2D eigenvalue weighted by Gasteiger charge is 2.06. The predicted molar refractivity (Wildman–Crippen MR) is 93.3 cm³/mol. The molecule has 122 valence electrons. The van der Waals surface area contributed by atoms with Crippen LogP contribution < -0.4 is 10.6 Å². The molecule has 0 aliphatic rings. The van der Waals surface area contributed by atoms with Gasteiger partial charge in [-0.05, 0) is 24.1 Å². The van der Waals surface area contributed by atoms with Gasteiger partial charge in [0, 0.05) is 22.7 Å². The molecule has 0 unspecified atom stereocenters. The van der Waals surface area contributed by atoms with Crippen LogP contribution in [0.3, 0.4) is 0 Å². The molecule has 0 spiro atoms. The summed E-state index contributed by atoms with van der Waals surface area (Å²) in [6.07, 6.45) is 1.66. The van der Waals surface area contributed by atoms with E-state index in [4.69, 9.17) is 0 Å². The van der Waals surface area contributed by atoms with Gasteiger partial charge in [0.25, 0.3) is 0 Å². The minimum absolute atomic E-state index is 0.0449. The van der Waals surface area contributed by atoms with Crippen molar-refractivity contribution in [2.75, 3.05) is 6.54 Å². The monoisotopic (exact) mass is 330 g/mol. The van der Waals surface area contributed by atoms with E-state index >= 15 is 0 Å². The molecule has 2 aromatic rings. The highest BCUT2D eigenvalue weighted by Crippen LogP contribution is 2.16. The van der Waals surface area contributed by atoms with Crippen LogP contribution in [-0.2, 0) is 29.0 Å². The molecule has 0 radical (unpaired) electrons. The molecule has 0 saturated heterocycles. The zero-order valence-electron chi connectivity index (χ0n) is 13.3. The maximum atomic E-state index is 11.8. The molecule has 1 heterocycles. The molecule has 1 aromatic carbocycles. The van der Waals surface area contributed by atoms with E-state index in [1.807, 2.05) is 36.4 Å². The van der Waals surface area contributed by atoms with Gasteiger partial charge in [-0.15, -0.1) is 11.3 Å². The molecule has 0 aliphatic carbocycles.